The van der Waals surface area contributed by atoms with Crippen molar-refractivity contribution in [2.75, 3.05) is 16.0 Å². The highest BCUT2D eigenvalue weighted by Gasteiger charge is 2.16. The number of para-hydroxylation sites is 2. The van der Waals surface area contributed by atoms with E-state index in [1.54, 1.807) is 24.3 Å². The number of carbonyl (C=O) groups is 1. The van der Waals surface area contributed by atoms with Gasteiger partial charge in [-0.1, -0.05) is 42.1 Å². The molecule has 1 N–H and O–H groups in total. The molecule has 0 aliphatic carbocycles. The van der Waals surface area contributed by atoms with Gasteiger partial charge < -0.3 is 10.2 Å². The van der Waals surface area contributed by atoms with E-state index in [-0.39, 0.29) is 23.3 Å². The first-order valence-electron chi connectivity index (χ1n) is 12.6. The number of benzene rings is 4. The lowest BCUT2D eigenvalue weighted by Crippen LogP contribution is -2.25. The van der Waals surface area contributed by atoms with Gasteiger partial charge in [0.1, 0.15) is 5.82 Å². The summed E-state index contributed by atoms with van der Waals surface area (Å²) in [4.78, 5) is 33.0. The Labute approximate surface area is 230 Å². The zero-order chi connectivity index (χ0) is 27.4. The lowest BCUT2D eigenvalue weighted by Gasteiger charge is -2.29. The van der Waals surface area contributed by atoms with Gasteiger partial charge in [-0.05, 0) is 86.6 Å². The minimum Gasteiger partial charge on any atom is -0.339 e. The van der Waals surface area contributed by atoms with Gasteiger partial charge in [0.15, 0.2) is 5.16 Å². The number of thioether (sulfide) groups is 1. The van der Waals surface area contributed by atoms with Gasteiger partial charge in [0.2, 0.25) is 5.91 Å². The van der Waals surface area contributed by atoms with E-state index in [1.807, 2.05) is 42.5 Å². The number of amides is 1. The first kappa shape index (κ1) is 26.2. The fourth-order valence-corrected chi connectivity index (χ4v) is 5.21. The summed E-state index contributed by atoms with van der Waals surface area (Å²) in [5.41, 5.74) is 3.52. The molecule has 0 unspecified atom stereocenters. The van der Waals surface area contributed by atoms with Crippen molar-refractivity contribution >= 4 is 45.6 Å². The van der Waals surface area contributed by atoms with Crippen LogP contribution in [-0.4, -0.2) is 27.3 Å². The highest BCUT2D eigenvalue weighted by atomic mass is 32.2. The normalized spacial score (nSPS) is 11.1. The molecule has 0 spiro atoms. The van der Waals surface area contributed by atoms with E-state index in [4.69, 9.17) is 0 Å². The van der Waals surface area contributed by atoms with Gasteiger partial charge >= 0.3 is 0 Å². The summed E-state index contributed by atoms with van der Waals surface area (Å²) in [5.74, 6) is -0.597. The first-order chi connectivity index (χ1) is 18.9. The molecule has 196 valence electrons. The van der Waals surface area contributed by atoms with E-state index in [2.05, 4.69) is 41.2 Å². The van der Waals surface area contributed by atoms with Crippen molar-refractivity contribution in [2.24, 2.45) is 0 Å². The van der Waals surface area contributed by atoms with Crippen molar-refractivity contribution < 1.29 is 9.18 Å². The number of carbonyl (C=O) groups excluding carboxylic acids is 1. The average molecular weight is 539 g/mol. The van der Waals surface area contributed by atoms with Crippen LogP contribution in [0.4, 0.5) is 21.5 Å². The van der Waals surface area contributed by atoms with Crippen LogP contribution in [0, 0.1) is 5.82 Å². The van der Waals surface area contributed by atoms with Crippen LogP contribution in [0.15, 0.2) is 113 Å². The fourth-order valence-electron chi connectivity index (χ4n) is 4.39. The van der Waals surface area contributed by atoms with E-state index in [0.717, 1.165) is 23.1 Å². The fraction of sp³-hybridized carbons (Fsp3) is 0.129. The van der Waals surface area contributed by atoms with E-state index >= 15 is 0 Å². The number of rotatable bonds is 8. The maximum Gasteiger partial charge on any atom is 0.266 e. The van der Waals surface area contributed by atoms with Crippen LogP contribution in [0.3, 0.4) is 0 Å². The van der Waals surface area contributed by atoms with Crippen molar-refractivity contribution in [3.05, 3.63) is 119 Å². The van der Waals surface area contributed by atoms with Gasteiger partial charge in [0.05, 0.1) is 22.3 Å². The Morgan fingerprint density at radius 3 is 2.23 bits per heavy atom. The maximum absolute atomic E-state index is 13.5. The van der Waals surface area contributed by atoms with Crippen LogP contribution in [0.25, 0.3) is 16.6 Å². The van der Waals surface area contributed by atoms with E-state index < -0.39 is 5.82 Å². The lowest BCUT2D eigenvalue weighted by molar-refractivity contribution is -0.113. The molecule has 0 radical (unpaired) electrons. The second kappa shape index (κ2) is 11.5. The Morgan fingerprint density at radius 1 is 0.897 bits per heavy atom. The molecule has 0 atom stereocenters. The summed E-state index contributed by atoms with van der Waals surface area (Å²) in [6, 6.07) is 30.8. The Kier molecular flexibility index (Phi) is 7.74. The second-order valence-corrected chi connectivity index (χ2v) is 10.2. The van der Waals surface area contributed by atoms with Gasteiger partial charge in [-0.25, -0.2) is 9.37 Å². The minimum atomic E-state index is -0.402. The molecular weight excluding hydrogens is 511 g/mol. The van der Waals surface area contributed by atoms with Crippen molar-refractivity contribution in [1.82, 2.24) is 9.55 Å². The van der Waals surface area contributed by atoms with E-state index in [9.17, 15) is 14.0 Å². The van der Waals surface area contributed by atoms with E-state index in [0.29, 0.717) is 27.4 Å². The highest BCUT2D eigenvalue weighted by molar-refractivity contribution is 7.99. The smallest absolute Gasteiger partial charge is 0.266 e. The van der Waals surface area contributed by atoms with E-state index in [1.165, 1.54) is 28.8 Å². The predicted molar refractivity (Wildman–Crippen MR) is 157 cm³/mol. The number of halogens is 1. The predicted octanol–water partition coefficient (Wildman–Crippen LogP) is 6.80. The van der Waals surface area contributed by atoms with Crippen molar-refractivity contribution in [3.63, 3.8) is 0 Å². The third-order valence-electron chi connectivity index (χ3n) is 6.14. The summed E-state index contributed by atoms with van der Waals surface area (Å²) in [5, 5.41) is 3.72. The zero-order valence-corrected chi connectivity index (χ0v) is 22.4. The number of anilines is 3. The SMILES string of the molecule is CC(C)N(c1ccccc1)c1ccc(NC(=O)CSc2nc3ccccc3c(=O)n2-c2ccc(F)cc2)cc1. The number of nitrogens with one attached hydrogen (secondary N) is 1. The second-order valence-electron chi connectivity index (χ2n) is 9.21. The van der Waals surface area contributed by atoms with Crippen LogP contribution >= 0.6 is 11.8 Å². The highest BCUT2D eigenvalue weighted by Crippen LogP contribution is 2.29. The molecule has 0 aliphatic heterocycles. The molecule has 5 rings (SSSR count). The van der Waals surface area contributed by atoms with Gasteiger partial charge in [-0.2, -0.15) is 0 Å². The average Bonchev–Trinajstić information content (AvgIpc) is 2.94. The number of aromatic nitrogens is 2. The number of nitrogens with zero attached hydrogens (tertiary/aromatic N) is 3. The Balaban J connectivity index is 1.34. The largest absolute Gasteiger partial charge is 0.339 e. The molecule has 8 heteroatoms. The standard InChI is InChI=1S/C31H27FN4O2S/c1-21(2)35(24-8-4-3-5-9-24)25-18-14-23(15-19-25)33-29(37)20-39-31-34-28-11-7-6-10-27(28)30(38)36(31)26-16-12-22(32)13-17-26/h3-19,21H,20H2,1-2H3,(H,33,37). The summed E-state index contributed by atoms with van der Waals surface area (Å²) in [7, 11) is 0. The molecule has 0 saturated heterocycles. The third-order valence-corrected chi connectivity index (χ3v) is 7.08. The van der Waals surface area contributed by atoms with Crippen LogP contribution in [0.2, 0.25) is 0 Å². The summed E-state index contributed by atoms with van der Waals surface area (Å²) in [6.45, 7) is 4.26. The molecule has 1 heterocycles. The Hall–Kier alpha value is -4.43. The Morgan fingerprint density at radius 2 is 1.54 bits per heavy atom. The topological polar surface area (TPSA) is 67.2 Å². The molecule has 0 aliphatic rings. The number of fused-ring (bicyclic) bond motifs is 1. The Bertz CT molecular complexity index is 1650. The summed E-state index contributed by atoms with van der Waals surface area (Å²) >= 11 is 1.15. The van der Waals surface area contributed by atoms with Crippen LogP contribution in [0.1, 0.15) is 13.8 Å². The summed E-state index contributed by atoms with van der Waals surface area (Å²) < 4.78 is 15.0. The molecule has 1 amide bonds. The lowest BCUT2D eigenvalue weighted by atomic mass is 10.2. The molecule has 0 saturated carbocycles. The zero-order valence-electron chi connectivity index (χ0n) is 21.5. The quantitative estimate of drug-likeness (QED) is 0.174. The molecule has 39 heavy (non-hydrogen) atoms. The number of hydrogen-bond acceptors (Lipinski definition) is 5. The van der Waals surface area contributed by atoms with Gasteiger partial charge in [0.25, 0.3) is 5.56 Å². The number of hydrogen-bond donors (Lipinski definition) is 1. The van der Waals surface area contributed by atoms with Crippen LogP contribution in [0.5, 0.6) is 0 Å². The van der Waals surface area contributed by atoms with Crippen LogP contribution in [-0.2, 0) is 4.79 Å². The molecule has 1 aromatic heterocycles. The van der Waals surface area contributed by atoms with Gasteiger partial charge in [-0.3, -0.25) is 14.2 Å². The van der Waals surface area contributed by atoms with Crippen molar-refractivity contribution in [2.45, 2.75) is 25.0 Å². The summed E-state index contributed by atoms with van der Waals surface area (Å²) in [6.07, 6.45) is 0. The molecular formula is C31H27FN4O2S. The third kappa shape index (κ3) is 5.86. The monoisotopic (exact) mass is 538 g/mol. The maximum atomic E-state index is 13.5. The molecule has 0 fully saturated rings. The molecule has 0 bridgehead atoms. The van der Waals surface area contributed by atoms with Gasteiger partial charge in [-0.15, -0.1) is 0 Å². The first-order valence-corrected chi connectivity index (χ1v) is 13.5. The minimum absolute atomic E-state index is 0.0376. The van der Waals surface area contributed by atoms with Crippen LogP contribution < -0.4 is 15.8 Å². The molecule has 4 aromatic carbocycles. The van der Waals surface area contributed by atoms with Crippen molar-refractivity contribution in [3.8, 4) is 5.69 Å². The van der Waals surface area contributed by atoms with Crippen molar-refractivity contribution in [1.29, 1.82) is 0 Å². The molecule has 5 aromatic rings. The molecule has 6 nitrogen and oxygen atoms in total. The van der Waals surface area contributed by atoms with Gasteiger partial charge in [0, 0.05) is 23.1 Å².